The molecule has 7 nitrogen and oxygen atoms in total. The average molecular weight is 341 g/mol. The third-order valence-corrected chi connectivity index (χ3v) is 4.60. The first-order chi connectivity index (χ1) is 11.6. The molecule has 0 atom stereocenters. The normalized spacial score (nSPS) is 14.2. The van der Waals surface area contributed by atoms with Gasteiger partial charge in [0.2, 0.25) is 0 Å². The fourth-order valence-corrected chi connectivity index (χ4v) is 3.53. The predicted molar refractivity (Wildman–Crippen MR) is 97.0 cm³/mol. The van der Waals surface area contributed by atoms with Crippen molar-refractivity contribution >= 4 is 51.1 Å². The van der Waals surface area contributed by atoms with Gasteiger partial charge in [0, 0.05) is 19.5 Å². The number of aliphatic imine (C=N–C) groups is 1. The molecule has 0 aromatic carbocycles. The summed E-state index contributed by atoms with van der Waals surface area (Å²) in [6.45, 7) is 5.53. The molecule has 1 aliphatic heterocycles. The number of anilines is 2. The van der Waals surface area contributed by atoms with Crippen LogP contribution in [0.3, 0.4) is 0 Å². The van der Waals surface area contributed by atoms with E-state index in [1.165, 1.54) is 16.2 Å². The molecule has 3 rings (SSSR count). The van der Waals surface area contributed by atoms with Crippen LogP contribution in [0.2, 0.25) is 0 Å². The molecule has 0 fully saturated rings. The van der Waals surface area contributed by atoms with Gasteiger partial charge in [0.15, 0.2) is 0 Å². The number of carbonyl (C=O) groups is 2. The summed E-state index contributed by atoms with van der Waals surface area (Å²) >= 11 is 1.24. The van der Waals surface area contributed by atoms with E-state index in [4.69, 9.17) is 0 Å². The zero-order chi connectivity index (χ0) is 17.3. The van der Waals surface area contributed by atoms with Crippen molar-refractivity contribution in [2.45, 2.75) is 6.92 Å². The quantitative estimate of drug-likeness (QED) is 0.662. The molecule has 0 unspecified atom stereocenters. The Kier molecular flexibility index (Phi) is 4.13. The molecule has 0 saturated heterocycles. The maximum Gasteiger partial charge on any atom is 0.331 e. The molecular weight excluding hydrogens is 326 g/mol. The standard InChI is InChI=1S/C16H15N5O2S/c1-4-9(8-18-5-2)21-10-6-7-19-15-11(10)12(20-16(21)23)13(24-15)14(22)17-3/h4-8H,1H2,2-3H3,(H,17,22)(H,20,23)/b9-8+,18-5-. The van der Waals surface area contributed by atoms with Crippen LogP contribution in [-0.2, 0) is 0 Å². The molecule has 2 N–H and O–H groups in total. The summed E-state index contributed by atoms with van der Waals surface area (Å²) in [5.41, 5.74) is 1.65. The third-order valence-electron chi connectivity index (χ3n) is 3.50. The molecule has 2 aromatic rings. The number of nitrogens with zero attached hydrogens (tertiary/aromatic N) is 3. The van der Waals surface area contributed by atoms with E-state index in [2.05, 4.69) is 27.2 Å². The minimum Gasteiger partial charge on any atom is -0.354 e. The van der Waals surface area contributed by atoms with Crippen LogP contribution in [0.1, 0.15) is 16.6 Å². The number of urea groups is 1. The maximum atomic E-state index is 12.6. The lowest BCUT2D eigenvalue weighted by atomic mass is 10.1. The van der Waals surface area contributed by atoms with Gasteiger partial charge < -0.3 is 10.6 Å². The fourth-order valence-electron chi connectivity index (χ4n) is 2.47. The van der Waals surface area contributed by atoms with Crippen molar-refractivity contribution in [2.75, 3.05) is 17.3 Å². The number of carbonyl (C=O) groups excluding carboxylic acids is 2. The molecule has 2 aromatic heterocycles. The van der Waals surface area contributed by atoms with Gasteiger partial charge in [-0.3, -0.25) is 14.7 Å². The van der Waals surface area contributed by atoms with Gasteiger partial charge in [-0.05, 0) is 19.1 Å². The van der Waals surface area contributed by atoms with Gasteiger partial charge in [-0.2, -0.15) is 0 Å². The lowest BCUT2D eigenvalue weighted by molar-refractivity contribution is 0.0968. The van der Waals surface area contributed by atoms with Gasteiger partial charge >= 0.3 is 6.03 Å². The molecule has 1 aliphatic rings. The SMILES string of the molecule is C=C/C(=C\N=C/C)N1C(=O)Nc2c(C(=O)NC)sc3nccc1c23. The minimum atomic E-state index is -0.379. The van der Waals surface area contributed by atoms with Crippen LogP contribution in [0.4, 0.5) is 16.2 Å². The van der Waals surface area contributed by atoms with E-state index in [0.29, 0.717) is 26.8 Å². The van der Waals surface area contributed by atoms with Crippen molar-refractivity contribution in [3.05, 3.63) is 41.7 Å². The molecule has 8 heteroatoms. The van der Waals surface area contributed by atoms with E-state index >= 15 is 0 Å². The van der Waals surface area contributed by atoms with Crippen LogP contribution in [-0.4, -0.2) is 30.2 Å². The largest absolute Gasteiger partial charge is 0.354 e. The highest BCUT2D eigenvalue weighted by atomic mass is 32.1. The fraction of sp³-hybridized carbons (Fsp3) is 0.125. The van der Waals surface area contributed by atoms with E-state index in [9.17, 15) is 9.59 Å². The smallest absolute Gasteiger partial charge is 0.331 e. The maximum absolute atomic E-state index is 12.6. The summed E-state index contributed by atoms with van der Waals surface area (Å²) in [6.07, 6.45) is 6.33. The molecule has 0 radical (unpaired) electrons. The Hall–Kier alpha value is -3.00. The van der Waals surface area contributed by atoms with Crippen molar-refractivity contribution in [3.8, 4) is 0 Å². The second-order valence-electron chi connectivity index (χ2n) is 4.83. The Morgan fingerprint density at radius 2 is 2.33 bits per heavy atom. The average Bonchev–Trinajstić information content (AvgIpc) is 2.96. The zero-order valence-corrected chi connectivity index (χ0v) is 14.0. The van der Waals surface area contributed by atoms with Gasteiger partial charge in [0.1, 0.15) is 9.71 Å². The van der Waals surface area contributed by atoms with Gasteiger partial charge in [-0.1, -0.05) is 6.58 Å². The van der Waals surface area contributed by atoms with E-state index in [0.717, 1.165) is 5.39 Å². The highest BCUT2D eigenvalue weighted by Gasteiger charge is 2.32. The Balaban J connectivity index is 2.26. The number of thiophene rings is 1. The number of rotatable bonds is 4. The molecule has 3 heterocycles. The number of amides is 3. The summed E-state index contributed by atoms with van der Waals surface area (Å²) in [5, 5.41) is 6.10. The van der Waals surface area contributed by atoms with E-state index < -0.39 is 0 Å². The number of allylic oxidation sites excluding steroid dienone is 1. The van der Waals surface area contributed by atoms with Crippen LogP contribution in [0.15, 0.2) is 41.8 Å². The topological polar surface area (TPSA) is 86.7 Å². The zero-order valence-electron chi connectivity index (χ0n) is 13.2. The van der Waals surface area contributed by atoms with E-state index in [-0.39, 0.29) is 11.9 Å². The van der Waals surface area contributed by atoms with E-state index in [1.807, 2.05) is 0 Å². The molecule has 0 aliphatic carbocycles. The first kappa shape index (κ1) is 15.9. The summed E-state index contributed by atoms with van der Waals surface area (Å²) in [4.78, 5) is 35.7. The third kappa shape index (κ3) is 2.37. The summed E-state index contributed by atoms with van der Waals surface area (Å²) in [7, 11) is 1.55. The van der Waals surface area contributed by atoms with Gasteiger partial charge in [-0.25, -0.2) is 9.78 Å². The van der Waals surface area contributed by atoms with Crippen molar-refractivity contribution < 1.29 is 9.59 Å². The molecule has 0 spiro atoms. The summed E-state index contributed by atoms with van der Waals surface area (Å²) in [6, 6.07) is 1.36. The van der Waals surface area contributed by atoms with Gasteiger partial charge in [0.25, 0.3) is 5.91 Å². The molecular formula is C16H15N5O2S. The van der Waals surface area contributed by atoms with E-state index in [1.54, 1.807) is 44.7 Å². The number of hydrogen-bond donors (Lipinski definition) is 2. The van der Waals surface area contributed by atoms with Gasteiger partial charge in [0.05, 0.1) is 28.7 Å². The predicted octanol–water partition coefficient (Wildman–Crippen LogP) is 3.13. The lowest BCUT2D eigenvalue weighted by Gasteiger charge is -2.28. The first-order valence-electron chi connectivity index (χ1n) is 7.17. The van der Waals surface area contributed by atoms with Crippen molar-refractivity contribution in [1.29, 1.82) is 0 Å². The molecule has 0 saturated carbocycles. The summed E-state index contributed by atoms with van der Waals surface area (Å²) < 4.78 is 0. The van der Waals surface area contributed by atoms with Crippen LogP contribution < -0.4 is 15.5 Å². The Labute approximate surface area is 142 Å². The molecule has 0 bridgehead atoms. The molecule has 24 heavy (non-hydrogen) atoms. The van der Waals surface area contributed by atoms with Crippen molar-refractivity contribution in [1.82, 2.24) is 10.3 Å². The summed E-state index contributed by atoms with van der Waals surface area (Å²) in [5.74, 6) is -0.261. The minimum absolute atomic E-state index is 0.261. The second-order valence-corrected chi connectivity index (χ2v) is 5.83. The number of pyridine rings is 1. The molecule has 3 amide bonds. The second kappa shape index (κ2) is 6.25. The van der Waals surface area contributed by atoms with Crippen LogP contribution in [0, 0.1) is 0 Å². The Morgan fingerprint density at radius 3 is 3.00 bits per heavy atom. The molecule has 122 valence electrons. The Bertz CT molecular complexity index is 913. The van der Waals surface area contributed by atoms with Crippen LogP contribution in [0.5, 0.6) is 0 Å². The number of hydrogen-bond acceptors (Lipinski definition) is 5. The van der Waals surface area contributed by atoms with Crippen LogP contribution in [0.25, 0.3) is 10.2 Å². The number of aromatic nitrogens is 1. The van der Waals surface area contributed by atoms with Crippen LogP contribution >= 0.6 is 11.3 Å². The highest BCUT2D eigenvalue weighted by molar-refractivity contribution is 7.21. The van der Waals surface area contributed by atoms with Gasteiger partial charge in [-0.15, -0.1) is 11.3 Å². The monoisotopic (exact) mass is 341 g/mol. The first-order valence-corrected chi connectivity index (χ1v) is 7.99. The number of nitrogens with one attached hydrogen (secondary N) is 2. The Morgan fingerprint density at radius 1 is 1.54 bits per heavy atom. The van der Waals surface area contributed by atoms with Crippen molar-refractivity contribution in [3.63, 3.8) is 0 Å². The lowest BCUT2D eigenvalue weighted by Crippen LogP contribution is -2.37. The van der Waals surface area contributed by atoms with Crippen molar-refractivity contribution in [2.24, 2.45) is 4.99 Å². The highest BCUT2D eigenvalue weighted by Crippen LogP contribution is 2.44.